The lowest BCUT2D eigenvalue weighted by Gasteiger charge is -2.34. The van der Waals surface area contributed by atoms with E-state index >= 15 is 0 Å². The number of hydrogen-bond donors (Lipinski definition) is 1. The minimum Gasteiger partial charge on any atom is -0.482 e. The number of nitrogens with one attached hydrogen (secondary N) is 1. The van der Waals surface area contributed by atoms with Gasteiger partial charge in [-0.05, 0) is 0 Å². The smallest absolute Gasteiger partial charge is 0.213 e. The SMILES string of the molecule is COC(=N)C1(OC)CCOCC1. The van der Waals surface area contributed by atoms with Crippen molar-refractivity contribution in [2.45, 2.75) is 18.4 Å². The van der Waals surface area contributed by atoms with Crippen LogP contribution in [0.25, 0.3) is 0 Å². The Morgan fingerprint density at radius 1 is 1.33 bits per heavy atom. The van der Waals surface area contributed by atoms with Crippen LogP contribution in [0.2, 0.25) is 0 Å². The zero-order valence-electron chi connectivity index (χ0n) is 7.55. The van der Waals surface area contributed by atoms with E-state index in [-0.39, 0.29) is 5.90 Å². The second-order valence-corrected chi connectivity index (χ2v) is 2.84. The molecule has 1 saturated heterocycles. The second-order valence-electron chi connectivity index (χ2n) is 2.84. The van der Waals surface area contributed by atoms with E-state index in [1.807, 2.05) is 0 Å². The molecule has 1 aliphatic rings. The van der Waals surface area contributed by atoms with Crippen molar-refractivity contribution < 1.29 is 14.2 Å². The third kappa shape index (κ3) is 1.59. The van der Waals surface area contributed by atoms with Crippen molar-refractivity contribution in [3.8, 4) is 0 Å². The van der Waals surface area contributed by atoms with E-state index in [0.29, 0.717) is 26.1 Å². The molecule has 0 unspecified atom stereocenters. The van der Waals surface area contributed by atoms with Gasteiger partial charge in [0.05, 0.1) is 7.11 Å². The van der Waals surface area contributed by atoms with Crippen LogP contribution in [0.5, 0.6) is 0 Å². The van der Waals surface area contributed by atoms with Crippen LogP contribution in [-0.4, -0.2) is 38.9 Å². The minimum absolute atomic E-state index is 0.202. The van der Waals surface area contributed by atoms with Crippen LogP contribution in [0.15, 0.2) is 0 Å². The molecular formula is C8H15NO3. The summed E-state index contributed by atoms with van der Waals surface area (Å²) in [5.74, 6) is 0.202. The molecule has 0 aromatic carbocycles. The van der Waals surface area contributed by atoms with Crippen LogP contribution in [0.1, 0.15) is 12.8 Å². The molecule has 0 saturated carbocycles. The van der Waals surface area contributed by atoms with Gasteiger partial charge in [0.25, 0.3) is 0 Å². The summed E-state index contributed by atoms with van der Waals surface area (Å²) in [6.45, 7) is 1.28. The predicted octanol–water partition coefficient (Wildman–Crippen LogP) is 0.806. The minimum atomic E-state index is -0.535. The van der Waals surface area contributed by atoms with Gasteiger partial charge >= 0.3 is 0 Å². The average Bonchev–Trinajstić information content (AvgIpc) is 2.17. The van der Waals surface area contributed by atoms with Gasteiger partial charge in [0, 0.05) is 33.2 Å². The third-order valence-electron chi connectivity index (χ3n) is 2.31. The van der Waals surface area contributed by atoms with Crippen LogP contribution in [0, 0.1) is 5.41 Å². The van der Waals surface area contributed by atoms with Gasteiger partial charge in [0.2, 0.25) is 5.90 Å². The van der Waals surface area contributed by atoms with Crippen molar-refractivity contribution in [3.05, 3.63) is 0 Å². The molecule has 0 amide bonds. The van der Waals surface area contributed by atoms with Crippen LogP contribution >= 0.6 is 0 Å². The first-order valence-electron chi connectivity index (χ1n) is 4.01. The Morgan fingerprint density at radius 3 is 2.33 bits per heavy atom. The molecule has 12 heavy (non-hydrogen) atoms. The van der Waals surface area contributed by atoms with E-state index in [1.54, 1.807) is 7.11 Å². The highest BCUT2D eigenvalue weighted by molar-refractivity contribution is 5.82. The summed E-state index contributed by atoms with van der Waals surface area (Å²) in [5.41, 5.74) is -0.535. The Balaban J connectivity index is 2.66. The monoisotopic (exact) mass is 173 g/mol. The first-order valence-corrected chi connectivity index (χ1v) is 4.01. The van der Waals surface area contributed by atoms with E-state index in [0.717, 1.165) is 0 Å². The molecule has 0 aromatic heterocycles. The van der Waals surface area contributed by atoms with Crippen molar-refractivity contribution in [3.63, 3.8) is 0 Å². The lowest BCUT2D eigenvalue weighted by molar-refractivity contribution is -0.0571. The quantitative estimate of drug-likeness (QED) is 0.496. The van der Waals surface area contributed by atoms with E-state index in [1.165, 1.54) is 7.11 Å². The fourth-order valence-electron chi connectivity index (χ4n) is 1.41. The molecule has 0 aromatic rings. The number of rotatable bonds is 2. The number of ether oxygens (including phenoxy) is 3. The number of methoxy groups -OCH3 is 2. The van der Waals surface area contributed by atoms with Gasteiger partial charge in [-0.2, -0.15) is 0 Å². The summed E-state index contributed by atoms with van der Waals surface area (Å²) in [4.78, 5) is 0. The summed E-state index contributed by atoms with van der Waals surface area (Å²) in [6.07, 6.45) is 1.41. The topological polar surface area (TPSA) is 51.5 Å². The largest absolute Gasteiger partial charge is 0.482 e. The molecule has 70 valence electrons. The Morgan fingerprint density at radius 2 is 1.92 bits per heavy atom. The van der Waals surface area contributed by atoms with Crippen molar-refractivity contribution in [2.24, 2.45) is 0 Å². The Bertz CT molecular complexity index is 164. The van der Waals surface area contributed by atoms with Crippen molar-refractivity contribution in [2.75, 3.05) is 27.4 Å². The van der Waals surface area contributed by atoms with Crippen LogP contribution in [0.3, 0.4) is 0 Å². The van der Waals surface area contributed by atoms with Gasteiger partial charge in [-0.3, -0.25) is 5.41 Å². The first kappa shape index (κ1) is 9.48. The van der Waals surface area contributed by atoms with Crippen LogP contribution in [0.4, 0.5) is 0 Å². The van der Waals surface area contributed by atoms with Gasteiger partial charge < -0.3 is 14.2 Å². The Kier molecular flexibility index (Phi) is 3.05. The van der Waals surface area contributed by atoms with E-state index < -0.39 is 5.60 Å². The van der Waals surface area contributed by atoms with Crippen molar-refractivity contribution in [1.29, 1.82) is 5.41 Å². The van der Waals surface area contributed by atoms with Gasteiger partial charge in [0.15, 0.2) is 0 Å². The zero-order valence-corrected chi connectivity index (χ0v) is 7.55. The molecule has 4 heteroatoms. The molecule has 1 heterocycles. The molecule has 1 aliphatic heterocycles. The summed E-state index contributed by atoms with van der Waals surface area (Å²) in [5, 5.41) is 7.58. The molecule has 1 fully saturated rings. The summed E-state index contributed by atoms with van der Waals surface area (Å²) >= 11 is 0. The highest BCUT2D eigenvalue weighted by atomic mass is 16.5. The molecular weight excluding hydrogens is 158 g/mol. The third-order valence-corrected chi connectivity index (χ3v) is 2.31. The van der Waals surface area contributed by atoms with Gasteiger partial charge in [0.1, 0.15) is 5.60 Å². The van der Waals surface area contributed by atoms with Crippen LogP contribution in [-0.2, 0) is 14.2 Å². The van der Waals surface area contributed by atoms with Gasteiger partial charge in [-0.15, -0.1) is 0 Å². The number of hydrogen-bond acceptors (Lipinski definition) is 4. The van der Waals surface area contributed by atoms with E-state index in [4.69, 9.17) is 19.6 Å². The molecule has 1 rings (SSSR count). The van der Waals surface area contributed by atoms with E-state index in [9.17, 15) is 0 Å². The second kappa shape index (κ2) is 3.87. The van der Waals surface area contributed by atoms with Crippen LogP contribution < -0.4 is 0 Å². The maximum Gasteiger partial charge on any atom is 0.213 e. The van der Waals surface area contributed by atoms with E-state index in [2.05, 4.69) is 0 Å². The standard InChI is InChI=1S/C8H15NO3/c1-10-7(9)8(11-2)3-5-12-6-4-8/h9H,3-6H2,1-2H3. The highest BCUT2D eigenvalue weighted by Gasteiger charge is 2.38. The Hall–Kier alpha value is -0.610. The fraction of sp³-hybridized carbons (Fsp3) is 0.875. The highest BCUT2D eigenvalue weighted by Crippen LogP contribution is 2.25. The van der Waals surface area contributed by atoms with Gasteiger partial charge in [-0.1, -0.05) is 0 Å². The summed E-state index contributed by atoms with van der Waals surface area (Å²) in [6, 6.07) is 0. The average molecular weight is 173 g/mol. The molecule has 1 N–H and O–H groups in total. The lowest BCUT2D eigenvalue weighted by atomic mass is 9.94. The zero-order chi connectivity index (χ0) is 9.03. The predicted molar refractivity (Wildman–Crippen MR) is 44.5 cm³/mol. The molecule has 0 radical (unpaired) electrons. The molecule has 0 spiro atoms. The normalized spacial score (nSPS) is 21.8. The fourth-order valence-corrected chi connectivity index (χ4v) is 1.41. The van der Waals surface area contributed by atoms with Crippen molar-refractivity contribution >= 4 is 5.90 Å². The van der Waals surface area contributed by atoms with Gasteiger partial charge in [-0.25, -0.2) is 0 Å². The summed E-state index contributed by atoms with van der Waals surface area (Å²) in [7, 11) is 3.11. The maximum atomic E-state index is 7.58. The Labute approximate surface area is 72.3 Å². The molecule has 0 aliphatic carbocycles. The lowest BCUT2D eigenvalue weighted by Crippen LogP contribution is -2.46. The summed E-state index contributed by atoms with van der Waals surface area (Å²) < 4.78 is 15.4. The molecule has 0 atom stereocenters. The first-order chi connectivity index (χ1) is 5.75. The van der Waals surface area contributed by atoms with Crippen molar-refractivity contribution in [1.82, 2.24) is 0 Å². The molecule has 0 bridgehead atoms. The maximum absolute atomic E-state index is 7.58. The molecule has 4 nitrogen and oxygen atoms in total.